The average Bonchev–Trinajstić information content (AvgIpc) is 2.71. The van der Waals surface area contributed by atoms with Gasteiger partial charge in [0.15, 0.2) is 11.5 Å². The third-order valence-electron chi connectivity index (χ3n) is 4.80. The smallest absolute Gasteiger partial charge is 0.161 e. The molecule has 0 amide bonds. The van der Waals surface area contributed by atoms with Gasteiger partial charge in [0.2, 0.25) is 0 Å². The minimum atomic E-state index is -0.102. The van der Waals surface area contributed by atoms with Crippen LogP contribution in [-0.2, 0) is 15.9 Å². The molecule has 0 bridgehead atoms. The predicted molar refractivity (Wildman–Crippen MR) is 115 cm³/mol. The molecular formula is C24H31NO4. The molecule has 0 saturated carbocycles. The maximum Gasteiger partial charge on any atom is 0.161 e. The van der Waals surface area contributed by atoms with Crippen LogP contribution in [0.5, 0.6) is 11.5 Å². The second kappa shape index (κ2) is 10.4. The Kier molecular flexibility index (Phi) is 7.67. The first kappa shape index (κ1) is 21.3. The Balaban J connectivity index is 1.96. The van der Waals surface area contributed by atoms with Crippen molar-refractivity contribution >= 4 is 12.2 Å². The zero-order valence-corrected chi connectivity index (χ0v) is 17.8. The number of nitrogens with zero attached hydrogens (tertiary/aromatic N) is 1. The lowest BCUT2D eigenvalue weighted by Crippen LogP contribution is -2.42. The first-order valence-corrected chi connectivity index (χ1v) is 10.5. The molecule has 0 aliphatic heterocycles. The standard InChI is InChI=1S/C24H31NO4/c1-5-26-21-10-9-17(14-22(21)27-6-2)13-20-19-16-24(29-8-4)23(28-7-3)15-18(19)11-12-25-20/h9-12,14-16,23-24H,5-8,13H2,1-4H3. The number of ether oxygens (including phenoxy) is 4. The van der Waals surface area contributed by atoms with E-state index in [1.54, 1.807) is 0 Å². The van der Waals surface area contributed by atoms with Crippen molar-refractivity contribution in [1.82, 2.24) is 4.98 Å². The van der Waals surface area contributed by atoms with Crippen LogP contribution in [-0.4, -0.2) is 43.6 Å². The molecule has 2 aromatic rings. The van der Waals surface area contributed by atoms with Gasteiger partial charge < -0.3 is 18.9 Å². The molecule has 0 radical (unpaired) electrons. The fourth-order valence-corrected chi connectivity index (χ4v) is 3.61. The van der Waals surface area contributed by atoms with Gasteiger partial charge in [-0.1, -0.05) is 6.07 Å². The van der Waals surface area contributed by atoms with Crippen molar-refractivity contribution in [2.24, 2.45) is 0 Å². The second-order valence-electron chi connectivity index (χ2n) is 6.76. The van der Waals surface area contributed by atoms with Crippen molar-refractivity contribution in [2.45, 2.75) is 46.3 Å². The average molecular weight is 398 g/mol. The molecule has 5 nitrogen and oxygen atoms in total. The van der Waals surface area contributed by atoms with Crippen molar-refractivity contribution in [3.05, 3.63) is 52.2 Å². The summed E-state index contributed by atoms with van der Waals surface area (Å²) in [5.41, 5.74) is 2.15. The van der Waals surface area contributed by atoms with Gasteiger partial charge in [-0.2, -0.15) is 0 Å². The molecule has 2 atom stereocenters. The van der Waals surface area contributed by atoms with Crippen LogP contribution in [0.25, 0.3) is 12.2 Å². The molecule has 0 N–H and O–H groups in total. The van der Waals surface area contributed by atoms with E-state index in [0.29, 0.717) is 32.8 Å². The molecule has 1 aromatic heterocycles. The number of benzene rings is 1. The molecule has 1 heterocycles. The van der Waals surface area contributed by atoms with E-state index in [4.69, 9.17) is 18.9 Å². The predicted octanol–water partition coefficient (Wildman–Crippen LogP) is 2.85. The SMILES string of the molecule is CCOc1ccc(Cc2nccc3c2=CC(OCC)C(OCC)C=3)cc1OCC. The number of hydrogen-bond acceptors (Lipinski definition) is 5. The topological polar surface area (TPSA) is 49.8 Å². The number of hydrogen-bond donors (Lipinski definition) is 0. The molecule has 2 unspecified atom stereocenters. The lowest BCUT2D eigenvalue weighted by molar-refractivity contribution is -0.00708. The van der Waals surface area contributed by atoms with E-state index in [9.17, 15) is 0 Å². The minimum absolute atomic E-state index is 0.0715. The zero-order valence-electron chi connectivity index (χ0n) is 17.8. The molecule has 0 fully saturated rings. The molecule has 0 saturated heterocycles. The summed E-state index contributed by atoms with van der Waals surface area (Å²) in [6, 6.07) is 8.13. The third-order valence-corrected chi connectivity index (χ3v) is 4.80. The first-order valence-electron chi connectivity index (χ1n) is 10.5. The van der Waals surface area contributed by atoms with E-state index in [1.165, 1.54) is 0 Å². The van der Waals surface area contributed by atoms with Gasteiger partial charge in [0.25, 0.3) is 0 Å². The number of fused-ring (bicyclic) bond motifs is 1. The second-order valence-corrected chi connectivity index (χ2v) is 6.76. The van der Waals surface area contributed by atoms with Crippen LogP contribution in [0.2, 0.25) is 0 Å². The van der Waals surface area contributed by atoms with Crippen molar-refractivity contribution in [3.8, 4) is 11.5 Å². The molecule has 0 spiro atoms. The van der Waals surface area contributed by atoms with Crippen LogP contribution in [0, 0.1) is 0 Å². The van der Waals surface area contributed by atoms with E-state index in [2.05, 4.69) is 23.2 Å². The summed E-state index contributed by atoms with van der Waals surface area (Å²) in [5, 5.41) is 2.26. The fraction of sp³-hybridized carbons (Fsp3) is 0.458. The van der Waals surface area contributed by atoms with Gasteiger partial charge in [0.05, 0.1) is 18.9 Å². The Hall–Kier alpha value is -2.37. The van der Waals surface area contributed by atoms with E-state index < -0.39 is 0 Å². The Bertz CT molecular complexity index is 925. The largest absolute Gasteiger partial charge is 0.490 e. The Morgan fingerprint density at radius 1 is 0.793 bits per heavy atom. The lowest BCUT2D eigenvalue weighted by Gasteiger charge is -2.24. The van der Waals surface area contributed by atoms with E-state index in [-0.39, 0.29) is 12.2 Å². The Morgan fingerprint density at radius 3 is 2.17 bits per heavy atom. The molecule has 1 aliphatic rings. The van der Waals surface area contributed by atoms with Gasteiger partial charge in [0, 0.05) is 31.1 Å². The van der Waals surface area contributed by atoms with Crippen molar-refractivity contribution < 1.29 is 18.9 Å². The monoisotopic (exact) mass is 397 g/mol. The molecule has 1 aliphatic carbocycles. The van der Waals surface area contributed by atoms with E-state index in [0.717, 1.165) is 33.2 Å². The van der Waals surface area contributed by atoms with Gasteiger partial charge in [-0.15, -0.1) is 0 Å². The summed E-state index contributed by atoms with van der Waals surface area (Å²) in [6.45, 7) is 10.5. The number of pyridine rings is 1. The highest BCUT2D eigenvalue weighted by atomic mass is 16.5. The number of aromatic nitrogens is 1. The summed E-state index contributed by atoms with van der Waals surface area (Å²) in [5.74, 6) is 1.55. The van der Waals surface area contributed by atoms with E-state index in [1.807, 2.05) is 52.1 Å². The van der Waals surface area contributed by atoms with Crippen molar-refractivity contribution in [2.75, 3.05) is 26.4 Å². The van der Waals surface area contributed by atoms with E-state index >= 15 is 0 Å². The van der Waals surface area contributed by atoms with Crippen LogP contribution >= 0.6 is 0 Å². The molecule has 1 aromatic carbocycles. The van der Waals surface area contributed by atoms with Crippen LogP contribution in [0.4, 0.5) is 0 Å². The number of rotatable bonds is 10. The van der Waals surface area contributed by atoms with Crippen LogP contribution in [0.15, 0.2) is 30.5 Å². The van der Waals surface area contributed by atoms with Gasteiger partial charge in [0.1, 0.15) is 12.2 Å². The van der Waals surface area contributed by atoms with Gasteiger partial charge >= 0.3 is 0 Å². The molecule has 3 rings (SSSR count). The quantitative estimate of drug-likeness (QED) is 0.617. The normalized spacial score (nSPS) is 17.8. The maximum atomic E-state index is 5.93. The highest BCUT2D eigenvalue weighted by molar-refractivity contribution is 5.49. The van der Waals surface area contributed by atoms with Gasteiger partial charge in [-0.05, 0) is 68.8 Å². The van der Waals surface area contributed by atoms with Gasteiger partial charge in [-0.25, -0.2) is 0 Å². The zero-order chi connectivity index (χ0) is 20.6. The highest BCUT2D eigenvalue weighted by Gasteiger charge is 2.22. The van der Waals surface area contributed by atoms with Crippen molar-refractivity contribution in [3.63, 3.8) is 0 Å². The molecule has 29 heavy (non-hydrogen) atoms. The summed E-state index contributed by atoms with van der Waals surface area (Å²) in [6.07, 6.45) is 6.69. The highest BCUT2D eigenvalue weighted by Crippen LogP contribution is 2.29. The summed E-state index contributed by atoms with van der Waals surface area (Å²) in [4.78, 5) is 4.67. The summed E-state index contributed by atoms with van der Waals surface area (Å²) in [7, 11) is 0. The van der Waals surface area contributed by atoms with Crippen molar-refractivity contribution in [1.29, 1.82) is 0 Å². The maximum absolute atomic E-state index is 5.93. The molecular weight excluding hydrogens is 366 g/mol. The van der Waals surface area contributed by atoms with Gasteiger partial charge in [-0.3, -0.25) is 4.98 Å². The third kappa shape index (κ3) is 5.17. The molecule has 5 heteroatoms. The van der Waals surface area contributed by atoms with Crippen LogP contribution in [0.3, 0.4) is 0 Å². The fourth-order valence-electron chi connectivity index (χ4n) is 3.61. The Morgan fingerprint density at radius 2 is 1.48 bits per heavy atom. The van der Waals surface area contributed by atoms with Crippen LogP contribution < -0.4 is 19.9 Å². The lowest BCUT2D eigenvalue weighted by atomic mass is 9.99. The Labute approximate surface area is 173 Å². The van der Waals surface area contributed by atoms with Crippen LogP contribution in [0.1, 0.15) is 39.0 Å². The summed E-state index contributed by atoms with van der Waals surface area (Å²) < 4.78 is 23.3. The molecule has 156 valence electrons. The minimum Gasteiger partial charge on any atom is -0.490 e. The first-order chi connectivity index (χ1) is 14.2. The summed E-state index contributed by atoms with van der Waals surface area (Å²) >= 11 is 0.